The first kappa shape index (κ1) is 12.2. The van der Waals surface area contributed by atoms with Crippen LogP contribution < -0.4 is 16.0 Å². The highest BCUT2D eigenvalue weighted by Crippen LogP contribution is 2.20. The van der Waals surface area contributed by atoms with E-state index in [9.17, 15) is 0 Å². The first-order valence-corrected chi connectivity index (χ1v) is 5.94. The molecule has 0 aliphatic heterocycles. The maximum Gasteiger partial charge on any atom is 0.321 e. The minimum absolute atomic E-state index is 0.0530. The molecule has 0 unspecified atom stereocenters. The van der Waals surface area contributed by atoms with Gasteiger partial charge in [0, 0.05) is 24.5 Å². The zero-order chi connectivity index (χ0) is 13.0. The highest BCUT2D eigenvalue weighted by Gasteiger charge is 2.04. The van der Waals surface area contributed by atoms with Crippen LogP contribution in [0, 0.1) is 0 Å². The number of aromatic nitrogens is 2. The molecule has 96 valence electrons. The van der Waals surface area contributed by atoms with Gasteiger partial charge in [0.25, 0.3) is 0 Å². The molecule has 1 heterocycles. The second-order valence-electron chi connectivity index (χ2n) is 3.79. The van der Waals surface area contributed by atoms with Gasteiger partial charge in [-0.25, -0.2) is 0 Å². The van der Waals surface area contributed by atoms with Crippen LogP contribution in [0.25, 0.3) is 0 Å². The first-order chi connectivity index (χ1) is 8.72. The van der Waals surface area contributed by atoms with E-state index in [1.54, 1.807) is 0 Å². The van der Waals surface area contributed by atoms with Crippen LogP contribution in [0.2, 0.25) is 0 Å². The summed E-state index contributed by atoms with van der Waals surface area (Å²) >= 11 is 0. The quantitative estimate of drug-likeness (QED) is 0.843. The minimum Gasteiger partial charge on any atom is -0.389 e. The van der Waals surface area contributed by atoms with Crippen molar-refractivity contribution >= 4 is 23.4 Å². The Bertz CT molecular complexity index is 489. The number of nitrogens with zero attached hydrogens (tertiary/aromatic N) is 3. The third-order valence-corrected chi connectivity index (χ3v) is 2.69. The fraction of sp³-hybridized carbons (Fsp3) is 0.333. The lowest BCUT2D eigenvalue weighted by molar-refractivity contribution is 0.593. The summed E-state index contributed by atoms with van der Waals surface area (Å²) in [5, 5.41) is 10.3. The minimum atomic E-state index is 0.0530. The van der Waals surface area contributed by atoms with Crippen molar-refractivity contribution < 1.29 is 4.42 Å². The number of anilines is 4. The summed E-state index contributed by atoms with van der Waals surface area (Å²) in [6.45, 7) is 6.25. The van der Waals surface area contributed by atoms with Crippen molar-refractivity contribution in [3.63, 3.8) is 0 Å². The van der Waals surface area contributed by atoms with Crippen molar-refractivity contribution in [1.82, 2.24) is 10.2 Å². The summed E-state index contributed by atoms with van der Waals surface area (Å²) in [6, 6.07) is 8.38. The van der Waals surface area contributed by atoms with Gasteiger partial charge in [-0.2, -0.15) is 0 Å². The zero-order valence-corrected chi connectivity index (χ0v) is 10.6. The standard InChI is InChI=1S/C12H17N5O/c1-3-17(4-2)10-7-5-9(6-8-10)14-12-16-15-11(13)18-12/h5-8H,3-4H2,1-2H3,(H2,13,15)(H,14,16). The maximum atomic E-state index is 5.35. The Morgan fingerprint density at radius 3 is 2.33 bits per heavy atom. The van der Waals surface area contributed by atoms with Gasteiger partial charge in [-0.1, -0.05) is 10.2 Å². The van der Waals surface area contributed by atoms with Crippen molar-refractivity contribution in [1.29, 1.82) is 0 Å². The highest BCUT2D eigenvalue weighted by molar-refractivity contribution is 5.58. The molecule has 0 amide bonds. The number of nitrogen functional groups attached to an aromatic ring is 1. The summed E-state index contributed by atoms with van der Waals surface area (Å²) in [6.07, 6.45) is 0. The molecule has 1 aromatic heterocycles. The number of nitrogens with two attached hydrogens (primary N) is 1. The van der Waals surface area contributed by atoms with Gasteiger partial charge in [0.2, 0.25) is 0 Å². The molecule has 1 aromatic carbocycles. The molecular weight excluding hydrogens is 230 g/mol. The van der Waals surface area contributed by atoms with E-state index in [1.807, 2.05) is 12.1 Å². The second kappa shape index (κ2) is 5.39. The summed E-state index contributed by atoms with van der Waals surface area (Å²) in [5.41, 5.74) is 7.42. The number of hydrogen-bond donors (Lipinski definition) is 2. The molecule has 0 saturated heterocycles. The van der Waals surface area contributed by atoms with E-state index in [0.29, 0.717) is 6.01 Å². The number of hydrogen-bond acceptors (Lipinski definition) is 6. The lowest BCUT2D eigenvalue weighted by Crippen LogP contribution is -2.21. The van der Waals surface area contributed by atoms with Gasteiger partial charge in [-0.05, 0) is 38.1 Å². The highest BCUT2D eigenvalue weighted by atomic mass is 16.4. The zero-order valence-electron chi connectivity index (χ0n) is 10.6. The van der Waals surface area contributed by atoms with Crippen LogP contribution in [0.5, 0.6) is 0 Å². The van der Waals surface area contributed by atoms with E-state index in [0.717, 1.165) is 18.8 Å². The molecule has 0 aliphatic carbocycles. The van der Waals surface area contributed by atoms with Crippen LogP contribution in [-0.4, -0.2) is 23.3 Å². The van der Waals surface area contributed by atoms with Crippen LogP contribution in [0.1, 0.15) is 13.8 Å². The summed E-state index contributed by atoms with van der Waals surface area (Å²) in [5.74, 6) is 0. The van der Waals surface area contributed by atoms with E-state index in [-0.39, 0.29) is 6.01 Å². The third kappa shape index (κ3) is 2.71. The Balaban J connectivity index is 2.07. The van der Waals surface area contributed by atoms with Gasteiger partial charge in [0.15, 0.2) is 0 Å². The SMILES string of the molecule is CCN(CC)c1ccc(Nc2nnc(N)o2)cc1. The molecule has 0 saturated carbocycles. The van der Waals surface area contributed by atoms with Crippen LogP contribution in [-0.2, 0) is 0 Å². The van der Waals surface area contributed by atoms with Gasteiger partial charge < -0.3 is 20.4 Å². The van der Waals surface area contributed by atoms with E-state index in [4.69, 9.17) is 10.2 Å². The van der Waals surface area contributed by atoms with Crippen molar-refractivity contribution in [2.24, 2.45) is 0 Å². The number of rotatable bonds is 5. The fourth-order valence-electron chi connectivity index (χ4n) is 1.75. The molecule has 0 radical (unpaired) electrons. The average molecular weight is 247 g/mol. The Hall–Kier alpha value is -2.24. The monoisotopic (exact) mass is 247 g/mol. The largest absolute Gasteiger partial charge is 0.389 e. The molecule has 6 heteroatoms. The fourth-order valence-corrected chi connectivity index (χ4v) is 1.75. The summed E-state index contributed by atoms with van der Waals surface area (Å²) in [7, 11) is 0. The Kier molecular flexibility index (Phi) is 3.66. The third-order valence-electron chi connectivity index (χ3n) is 2.69. The van der Waals surface area contributed by atoms with Crippen molar-refractivity contribution in [2.75, 3.05) is 29.0 Å². The van der Waals surface area contributed by atoms with E-state index in [2.05, 4.69) is 46.4 Å². The molecule has 18 heavy (non-hydrogen) atoms. The molecule has 0 fully saturated rings. The van der Waals surface area contributed by atoms with Crippen LogP contribution in [0.3, 0.4) is 0 Å². The number of benzene rings is 1. The molecule has 6 nitrogen and oxygen atoms in total. The van der Waals surface area contributed by atoms with Crippen molar-refractivity contribution in [3.8, 4) is 0 Å². The molecule has 0 bridgehead atoms. The molecule has 3 N–H and O–H groups in total. The Labute approximate surface area is 106 Å². The van der Waals surface area contributed by atoms with Gasteiger partial charge in [-0.3, -0.25) is 0 Å². The maximum absolute atomic E-state index is 5.35. The molecule has 2 aromatic rings. The first-order valence-electron chi connectivity index (χ1n) is 5.94. The van der Waals surface area contributed by atoms with Gasteiger partial charge >= 0.3 is 12.0 Å². The molecule has 0 atom stereocenters. The second-order valence-corrected chi connectivity index (χ2v) is 3.79. The van der Waals surface area contributed by atoms with Crippen LogP contribution in [0.15, 0.2) is 28.7 Å². The summed E-state index contributed by atoms with van der Waals surface area (Å²) < 4.78 is 5.04. The predicted molar refractivity (Wildman–Crippen MR) is 72.0 cm³/mol. The lowest BCUT2D eigenvalue weighted by atomic mass is 10.2. The van der Waals surface area contributed by atoms with Crippen molar-refractivity contribution in [3.05, 3.63) is 24.3 Å². The lowest BCUT2D eigenvalue weighted by Gasteiger charge is -2.21. The molecule has 2 rings (SSSR count). The number of nitrogens with one attached hydrogen (secondary N) is 1. The molecular formula is C12H17N5O. The predicted octanol–water partition coefficient (Wildman–Crippen LogP) is 2.24. The Morgan fingerprint density at radius 2 is 1.83 bits per heavy atom. The summed E-state index contributed by atoms with van der Waals surface area (Å²) in [4.78, 5) is 2.27. The average Bonchev–Trinajstić information content (AvgIpc) is 2.78. The topological polar surface area (TPSA) is 80.2 Å². The molecule has 0 aliphatic rings. The van der Waals surface area contributed by atoms with Gasteiger partial charge in [-0.15, -0.1) is 0 Å². The van der Waals surface area contributed by atoms with Crippen LogP contribution in [0.4, 0.5) is 23.4 Å². The van der Waals surface area contributed by atoms with Crippen molar-refractivity contribution in [2.45, 2.75) is 13.8 Å². The van der Waals surface area contributed by atoms with Gasteiger partial charge in [0.05, 0.1) is 0 Å². The van der Waals surface area contributed by atoms with E-state index < -0.39 is 0 Å². The van der Waals surface area contributed by atoms with E-state index >= 15 is 0 Å². The Morgan fingerprint density at radius 1 is 1.17 bits per heavy atom. The smallest absolute Gasteiger partial charge is 0.321 e. The van der Waals surface area contributed by atoms with Gasteiger partial charge in [0.1, 0.15) is 0 Å². The van der Waals surface area contributed by atoms with Crippen LogP contribution >= 0.6 is 0 Å². The van der Waals surface area contributed by atoms with E-state index in [1.165, 1.54) is 5.69 Å². The molecule has 0 spiro atoms. The normalized spacial score (nSPS) is 10.3.